The molecule has 1 aromatic heterocycles. The zero-order valence-electron chi connectivity index (χ0n) is 9.37. The molecule has 1 aromatic rings. The average Bonchev–Trinajstić information content (AvgIpc) is 2.53. The van der Waals surface area contributed by atoms with E-state index in [1.54, 1.807) is 0 Å². The number of hydrogen-bond acceptors (Lipinski definition) is 1. The molecule has 0 aliphatic rings. The van der Waals surface area contributed by atoms with Gasteiger partial charge in [-0.3, -0.25) is 0 Å². The second kappa shape index (κ2) is 5.86. The molecule has 0 saturated heterocycles. The average molecular weight is 194 g/mol. The molecular weight excluding hydrogens is 172 g/mol. The Morgan fingerprint density at radius 1 is 1.43 bits per heavy atom. The first-order chi connectivity index (χ1) is 6.74. The first-order valence-corrected chi connectivity index (χ1v) is 5.58. The standard InChI is InChI=1S/C12H22N2/c1-11(2)5-3-9-14-10-4-6-12(14)7-8-13/h4,6,10-11H,3,5,7-9,13H2,1-2H3. The van der Waals surface area contributed by atoms with Gasteiger partial charge in [0.25, 0.3) is 0 Å². The summed E-state index contributed by atoms with van der Waals surface area (Å²) in [6.45, 7) is 6.43. The van der Waals surface area contributed by atoms with Crippen molar-refractivity contribution in [3.05, 3.63) is 24.0 Å². The first kappa shape index (κ1) is 11.3. The van der Waals surface area contributed by atoms with Crippen LogP contribution in [0, 0.1) is 5.92 Å². The van der Waals surface area contributed by atoms with Gasteiger partial charge in [-0.25, -0.2) is 0 Å². The zero-order chi connectivity index (χ0) is 10.4. The van der Waals surface area contributed by atoms with Crippen molar-refractivity contribution in [2.45, 2.75) is 39.7 Å². The molecule has 1 heterocycles. The molecule has 80 valence electrons. The molecule has 0 unspecified atom stereocenters. The molecule has 0 aromatic carbocycles. The molecule has 1 rings (SSSR count). The highest BCUT2D eigenvalue weighted by molar-refractivity contribution is 5.07. The Morgan fingerprint density at radius 3 is 2.86 bits per heavy atom. The first-order valence-electron chi connectivity index (χ1n) is 5.58. The molecule has 2 heteroatoms. The van der Waals surface area contributed by atoms with Crippen LogP contribution in [0.1, 0.15) is 32.4 Å². The minimum atomic E-state index is 0.744. The van der Waals surface area contributed by atoms with Crippen molar-refractivity contribution in [3.8, 4) is 0 Å². The van der Waals surface area contributed by atoms with E-state index in [-0.39, 0.29) is 0 Å². The van der Waals surface area contributed by atoms with E-state index < -0.39 is 0 Å². The van der Waals surface area contributed by atoms with Gasteiger partial charge in [0.1, 0.15) is 0 Å². The quantitative estimate of drug-likeness (QED) is 0.741. The maximum Gasteiger partial charge on any atom is 0.0222 e. The van der Waals surface area contributed by atoms with Crippen molar-refractivity contribution in [2.24, 2.45) is 11.7 Å². The smallest absolute Gasteiger partial charge is 0.0222 e. The molecule has 0 aliphatic carbocycles. The van der Waals surface area contributed by atoms with Crippen LogP contribution in [0.5, 0.6) is 0 Å². The molecule has 0 atom stereocenters. The number of hydrogen-bond donors (Lipinski definition) is 1. The van der Waals surface area contributed by atoms with Gasteiger partial charge in [0, 0.05) is 18.4 Å². The van der Waals surface area contributed by atoms with Crippen molar-refractivity contribution < 1.29 is 0 Å². The third-order valence-corrected chi connectivity index (χ3v) is 2.50. The predicted molar refractivity (Wildman–Crippen MR) is 61.3 cm³/mol. The van der Waals surface area contributed by atoms with E-state index in [9.17, 15) is 0 Å². The highest BCUT2D eigenvalue weighted by Gasteiger charge is 2.00. The van der Waals surface area contributed by atoms with Crippen molar-refractivity contribution in [2.75, 3.05) is 6.54 Å². The van der Waals surface area contributed by atoms with E-state index in [1.807, 2.05) is 0 Å². The van der Waals surface area contributed by atoms with E-state index in [4.69, 9.17) is 5.73 Å². The molecule has 2 nitrogen and oxygen atoms in total. The second-order valence-corrected chi connectivity index (χ2v) is 4.27. The van der Waals surface area contributed by atoms with Gasteiger partial charge in [0.05, 0.1) is 0 Å². The number of nitrogens with zero attached hydrogens (tertiary/aromatic N) is 1. The van der Waals surface area contributed by atoms with Crippen LogP contribution in [0.4, 0.5) is 0 Å². The van der Waals surface area contributed by atoms with Gasteiger partial charge in [-0.15, -0.1) is 0 Å². The summed E-state index contributed by atoms with van der Waals surface area (Å²) in [6, 6.07) is 4.28. The maximum absolute atomic E-state index is 5.55. The number of aryl methyl sites for hydroxylation is 1. The van der Waals surface area contributed by atoms with Gasteiger partial charge >= 0.3 is 0 Å². The fourth-order valence-corrected chi connectivity index (χ4v) is 1.71. The lowest BCUT2D eigenvalue weighted by atomic mass is 10.1. The zero-order valence-corrected chi connectivity index (χ0v) is 9.37. The largest absolute Gasteiger partial charge is 0.351 e. The van der Waals surface area contributed by atoms with Crippen LogP contribution in [0.15, 0.2) is 18.3 Å². The van der Waals surface area contributed by atoms with Crippen molar-refractivity contribution in [1.82, 2.24) is 4.57 Å². The van der Waals surface area contributed by atoms with Crippen molar-refractivity contribution in [1.29, 1.82) is 0 Å². The number of aromatic nitrogens is 1. The number of rotatable bonds is 6. The third-order valence-electron chi connectivity index (χ3n) is 2.50. The molecule has 0 fully saturated rings. The molecule has 0 amide bonds. The monoisotopic (exact) mass is 194 g/mol. The highest BCUT2D eigenvalue weighted by Crippen LogP contribution is 2.08. The number of nitrogens with two attached hydrogens (primary N) is 1. The molecule has 0 aliphatic heterocycles. The summed E-state index contributed by atoms with van der Waals surface area (Å²) >= 11 is 0. The third kappa shape index (κ3) is 3.54. The summed E-state index contributed by atoms with van der Waals surface area (Å²) < 4.78 is 2.33. The van der Waals surface area contributed by atoms with Gasteiger partial charge in [-0.1, -0.05) is 13.8 Å². The lowest BCUT2D eigenvalue weighted by Gasteiger charge is -2.09. The summed E-state index contributed by atoms with van der Waals surface area (Å²) in [5.74, 6) is 0.809. The van der Waals surface area contributed by atoms with Crippen molar-refractivity contribution in [3.63, 3.8) is 0 Å². The Kier molecular flexibility index (Phi) is 4.74. The molecule has 14 heavy (non-hydrogen) atoms. The van der Waals surface area contributed by atoms with Crippen LogP contribution < -0.4 is 5.73 Å². The lowest BCUT2D eigenvalue weighted by Crippen LogP contribution is -2.09. The summed E-state index contributed by atoms with van der Waals surface area (Å²) in [7, 11) is 0. The van der Waals surface area contributed by atoms with E-state index in [0.29, 0.717) is 0 Å². The fourth-order valence-electron chi connectivity index (χ4n) is 1.71. The highest BCUT2D eigenvalue weighted by atomic mass is 15.0. The topological polar surface area (TPSA) is 30.9 Å². The molecule has 0 spiro atoms. The van der Waals surface area contributed by atoms with Crippen LogP contribution in [-0.2, 0) is 13.0 Å². The van der Waals surface area contributed by atoms with E-state index in [1.165, 1.54) is 18.5 Å². The van der Waals surface area contributed by atoms with Crippen molar-refractivity contribution >= 4 is 0 Å². The second-order valence-electron chi connectivity index (χ2n) is 4.27. The molecule has 0 saturated carbocycles. The van der Waals surface area contributed by atoms with Crippen LogP contribution in [0.2, 0.25) is 0 Å². The Labute approximate surface area is 87.1 Å². The minimum absolute atomic E-state index is 0.744. The fraction of sp³-hybridized carbons (Fsp3) is 0.667. The van der Waals surface area contributed by atoms with Gasteiger partial charge in [0.2, 0.25) is 0 Å². The SMILES string of the molecule is CC(C)CCCn1cccc1CCN. The maximum atomic E-state index is 5.55. The van der Waals surface area contributed by atoms with E-state index in [0.717, 1.165) is 25.4 Å². The normalized spacial score (nSPS) is 11.1. The van der Waals surface area contributed by atoms with E-state index in [2.05, 4.69) is 36.7 Å². The molecule has 0 radical (unpaired) electrons. The Morgan fingerprint density at radius 2 is 2.21 bits per heavy atom. The Bertz CT molecular complexity index is 251. The van der Waals surface area contributed by atoms with Gasteiger partial charge < -0.3 is 10.3 Å². The van der Waals surface area contributed by atoms with Crippen LogP contribution in [0.25, 0.3) is 0 Å². The predicted octanol–water partition coefficient (Wildman–Crippen LogP) is 2.43. The van der Waals surface area contributed by atoms with Crippen LogP contribution in [0.3, 0.4) is 0 Å². The van der Waals surface area contributed by atoms with Gasteiger partial charge in [-0.05, 0) is 43.9 Å². The Hall–Kier alpha value is -0.760. The summed E-state index contributed by atoms with van der Waals surface area (Å²) in [5, 5.41) is 0. The Balaban J connectivity index is 2.37. The summed E-state index contributed by atoms with van der Waals surface area (Å²) in [5.41, 5.74) is 6.92. The van der Waals surface area contributed by atoms with E-state index >= 15 is 0 Å². The van der Waals surface area contributed by atoms with Gasteiger partial charge in [0.15, 0.2) is 0 Å². The van der Waals surface area contributed by atoms with Crippen LogP contribution >= 0.6 is 0 Å². The summed E-state index contributed by atoms with van der Waals surface area (Å²) in [4.78, 5) is 0. The van der Waals surface area contributed by atoms with Crippen LogP contribution in [-0.4, -0.2) is 11.1 Å². The molecule has 2 N–H and O–H groups in total. The molecule has 0 bridgehead atoms. The summed E-state index contributed by atoms with van der Waals surface area (Å²) in [6.07, 6.45) is 5.73. The van der Waals surface area contributed by atoms with Gasteiger partial charge in [-0.2, -0.15) is 0 Å². The molecular formula is C12H22N2. The lowest BCUT2D eigenvalue weighted by molar-refractivity contribution is 0.506. The minimum Gasteiger partial charge on any atom is -0.351 e.